The third kappa shape index (κ3) is 5.66. The molecule has 0 aromatic rings. The van der Waals surface area contributed by atoms with Gasteiger partial charge in [0.25, 0.3) is 0 Å². The zero-order chi connectivity index (χ0) is 14.2. The Morgan fingerprint density at radius 2 is 1.75 bits per heavy atom. The van der Waals surface area contributed by atoms with E-state index in [1.54, 1.807) is 0 Å². The van der Waals surface area contributed by atoms with E-state index in [2.05, 4.69) is 21.7 Å². The van der Waals surface area contributed by atoms with E-state index in [9.17, 15) is 0 Å². The van der Waals surface area contributed by atoms with Gasteiger partial charge in [-0.3, -0.25) is 4.90 Å². The van der Waals surface area contributed by atoms with Gasteiger partial charge in [-0.05, 0) is 33.0 Å². The van der Waals surface area contributed by atoms with E-state index in [0.29, 0.717) is 6.10 Å². The van der Waals surface area contributed by atoms with Gasteiger partial charge in [0.2, 0.25) is 0 Å². The van der Waals surface area contributed by atoms with E-state index in [4.69, 9.17) is 10.5 Å². The van der Waals surface area contributed by atoms with E-state index < -0.39 is 0 Å². The van der Waals surface area contributed by atoms with Crippen molar-refractivity contribution >= 4 is 0 Å². The molecule has 0 spiro atoms. The van der Waals surface area contributed by atoms with Gasteiger partial charge < -0.3 is 20.3 Å². The Morgan fingerprint density at radius 3 is 2.45 bits per heavy atom. The van der Waals surface area contributed by atoms with E-state index >= 15 is 0 Å². The predicted molar refractivity (Wildman–Crippen MR) is 83.0 cm³/mol. The minimum atomic E-state index is 0.407. The fourth-order valence-electron chi connectivity index (χ4n) is 3.12. The van der Waals surface area contributed by atoms with Gasteiger partial charge in [0.1, 0.15) is 0 Å². The fourth-order valence-corrected chi connectivity index (χ4v) is 3.12. The van der Waals surface area contributed by atoms with Crippen LogP contribution in [0.2, 0.25) is 0 Å². The van der Waals surface area contributed by atoms with Crippen molar-refractivity contribution in [2.24, 2.45) is 5.73 Å². The molecule has 0 aromatic heterocycles. The van der Waals surface area contributed by atoms with Crippen molar-refractivity contribution in [3.05, 3.63) is 0 Å². The summed E-state index contributed by atoms with van der Waals surface area (Å²) in [7, 11) is 2.19. The normalized spacial score (nSPS) is 27.0. The van der Waals surface area contributed by atoms with Crippen LogP contribution in [0.1, 0.15) is 19.3 Å². The monoisotopic (exact) mass is 284 g/mol. The minimum Gasteiger partial charge on any atom is -0.374 e. The number of nitrogens with zero attached hydrogens (tertiary/aromatic N) is 3. The quantitative estimate of drug-likeness (QED) is 0.670. The minimum absolute atomic E-state index is 0.407. The molecule has 2 N–H and O–H groups in total. The van der Waals surface area contributed by atoms with Crippen LogP contribution >= 0.6 is 0 Å². The lowest BCUT2D eigenvalue weighted by Gasteiger charge is -2.38. The van der Waals surface area contributed by atoms with Crippen LogP contribution in [0.4, 0.5) is 0 Å². The van der Waals surface area contributed by atoms with Gasteiger partial charge in [0.05, 0.1) is 12.7 Å². The molecule has 2 fully saturated rings. The maximum atomic E-state index is 5.86. The summed E-state index contributed by atoms with van der Waals surface area (Å²) in [5, 5.41) is 0. The molecule has 20 heavy (non-hydrogen) atoms. The lowest BCUT2D eigenvalue weighted by Crippen LogP contribution is -2.52. The molecule has 0 aliphatic carbocycles. The standard InChI is InChI=1S/C15H32N4O/c1-17-11-12-20-15(13-17)14-19-9-7-18(8-10-19)6-4-2-3-5-16/h15H,2-14,16H2,1H3. The number of rotatable bonds is 7. The van der Waals surface area contributed by atoms with Gasteiger partial charge in [-0.2, -0.15) is 0 Å². The number of ether oxygens (including phenoxy) is 1. The Balaban J connectivity index is 1.57. The molecule has 2 saturated heterocycles. The van der Waals surface area contributed by atoms with Crippen molar-refractivity contribution in [2.75, 3.05) is 72.6 Å². The molecular weight excluding hydrogens is 252 g/mol. The molecule has 0 radical (unpaired) electrons. The number of piperazine rings is 1. The Kier molecular flexibility index (Phi) is 7.24. The van der Waals surface area contributed by atoms with E-state index in [0.717, 1.165) is 32.8 Å². The Labute approximate surface area is 124 Å². The highest BCUT2D eigenvalue weighted by atomic mass is 16.5. The topological polar surface area (TPSA) is 45.0 Å². The summed E-state index contributed by atoms with van der Waals surface area (Å²) in [5.41, 5.74) is 5.53. The Morgan fingerprint density at radius 1 is 1.00 bits per heavy atom. The molecule has 0 aromatic carbocycles. The molecule has 2 aliphatic heterocycles. The third-order valence-corrected chi connectivity index (χ3v) is 4.45. The summed E-state index contributed by atoms with van der Waals surface area (Å²) in [6, 6.07) is 0. The van der Waals surface area contributed by atoms with Crippen molar-refractivity contribution in [1.29, 1.82) is 0 Å². The number of unbranched alkanes of at least 4 members (excludes halogenated alkanes) is 2. The second-order valence-electron chi connectivity index (χ2n) is 6.25. The van der Waals surface area contributed by atoms with E-state index in [1.165, 1.54) is 52.0 Å². The number of morpholine rings is 1. The summed E-state index contributed by atoms with van der Waals surface area (Å²) in [6.07, 6.45) is 4.16. The Hall–Kier alpha value is -0.200. The average molecular weight is 284 g/mol. The van der Waals surface area contributed by atoms with Crippen LogP contribution in [-0.4, -0.2) is 93.4 Å². The lowest BCUT2D eigenvalue weighted by atomic mass is 10.2. The molecule has 2 rings (SSSR count). The van der Waals surface area contributed by atoms with Gasteiger partial charge in [0.15, 0.2) is 0 Å². The first kappa shape index (κ1) is 16.2. The first-order valence-corrected chi connectivity index (χ1v) is 8.23. The molecule has 0 bridgehead atoms. The van der Waals surface area contributed by atoms with Crippen molar-refractivity contribution in [3.8, 4) is 0 Å². The van der Waals surface area contributed by atoms with Gasteiger partial charge in [0, 0.05) is 45.8 Å². The van der Waals surface area contributed by atoms with Crippen molar-refractivity contribution < 1.29 is 4.74 Å². The van der Waals surface area contributed by atoms with Crippen LogP contribution in [-0.2, 0) is 4.74 Å². The van der Waals surface area contributed by atoms with Gasteiger partial charge in [-0.1, -0.05) is 6.42 Å². The SMILES string of the molecule is CN1CCOC(CN2CCN(CCCCCN)CC2)C1. The number of likely N-dealkylation sites (N-methyl/N-ethyl adjacent to an activating group) is 1. The average Bonchev–Trinajstić information content (AvgIpc) is 2.45. The smallest absolute Gasteiger partial charge is 0.0829 e. The molecule has 5 nitrogen and oxygen atoms in total. The first-order valence-electron chi connectivity index (χ1n) is 8.23. The molecule has 118 valence electrons. The summed E-state index contributed by atoms with van der Waals surface area (Å²) < 4.78 is 5.86. The lowest BCUT2D eigenvalue weighted by molar-refractivity contribution is -0.0410. The maximum Gasteiger partial charge on any atom is 0.0829 e. The molecular formula is C15H32N4O. The molecule has 2 heterocycles. The molecule has 1 atom stereocenters. The summed E-state index contributed by atoms with van der Waals surface area (Å²) in [4.78, 5) is 7.54. The highest BCUT2D eigenvalue weighted by Gasteiger charge is 2.23. The fraction of sp³-hybridized carbons (Fsp3) is 1.00. The van der Waals surface area contributed by atoms with Crippen molar-refractivity contribution in [3.63, 3.8) is 0 Å². The second kappa shape index (κ2) is 8.95. The number of hydrogen-bond acceptors (Lipinski definition) is 5. The van der Waals surface area contributed by atoms with Crippen LogP contribution < -0.4 is 5.73 Å². The zero-order valence-corrected chi connectivity index (χ0v) is 13.1. The highest BCUT2D eigenvalue weighted by molar-refractivity contribution is 4.77. The maximum absolute atomic E-state index is 5.86. The summed E-state index contributed by atoms with van der Waals surface area (Å²) in [5.74, 6) is 0. The van der Waals surface area contributed by atoms with Crippen molar-refractivity contribution in [1.82, 2.24) is 14.7 Å². The van der Waals surface area contributed by atoms with Crippen LogP contribution in [0, 0.1) is 0 Å². The van der Waals surface area contributed by atoms with Gasteiger partial charge in [-0.25, -0.2) is 0 Å². The molecule has 1 unspecified atom stereocenters. The molecule has 5 heteroatoms. The van der Waals surface area contributed by atoms with Crippen LogP contribution in [0.5, 0.6) is 0 Å². The van der Waals surface area contributed by atoms with Crippen LogP contribution in [0.15, 0.2) is 0 Å². The largest absolute Gasteiger partial charge is 0.374 e. The molecule has 2 aliphatic rings. The predicted octanol–water partition coefficient (Wildman–Crippen LogP) is 0.0636. The highest BCUT2D eigenvalue weighted by Crippen LogP contribution is 2.09. The second-order valence-corrected chi connectivity index (χ2v) is 6.25. The van der Waals surface area contributed by atoms with Crippen LogP contribution in [0.3, 0.4) is 0 Å². The number of hydrogen-bond donors (Lipinski definition) is 1. The van der Waals surface area contributed by atoms with Gasteiger partial charge >= 0.3 is 0 Å². The Bertz CT molecular complexity index is 256. The van der Waals surface area contributed by atoms with Gasteiger partial charge in [-0.15, -0.1) is 0 Å². The third-order valence-electron chi connectivity index (χ3n) is 4.45. The zero-order valence-electron chi connectivity index (χ0n) is 13.1. The number of nitrogens with two attached hydrogens (primary N) is 1. The molecule has 0 saturated carbocycles. The summed E-state index contributed by atoms with van der Waals surface area (Å²) in [6.45, 7) is 11.1. The molecule has 0 amide bonds. The van der Waals surface area contributed by atoms with Crippen LogP contribution in [0.25, 0.3) is 0 Å². The van der Waals surface area contributed by atoms with E-state index in [1.807, 2.05) is 0 Å². The first-order chi connectivity index (χ1) is 9.78. The van der Waals surface area contributed by atoms with Crippen molar-refractivity contribution in [2.45, 2.75) is 25.4 Å². The van der Waals surface area contributed by atoms with E-state index in [-0.39, 0.29) is 0 Å². The summed E-state index contributed by atoms with van der Waals surface area (Å²) >= 11 is 0.